The van der Waals surface area contributed by atoms with Crippen LogP contribution in [0.15, 0.2) is 48.5 Å². The maximum Gasteiger partial charge on any atom is 0.253 e. The number of fused-ring (bicyclic) bond motifs is 1. The summed E-state index contributed by atoms with van der Waals surface area (Å²) in [4.78, 5) is 26.9. The zero-order valence-electron chi connectivity index (χ0n) is 15.5. The van der Waals surface area contributed by atoms with Gasteiger partial charge in [-0.2, -0.15) is 0 Å². The van der Waals surface area contributed by atoms with Crippen molar-refractivity contribution in [3.63, 3.8) is 0 Å². The van der Waals surface area contributed by atoms with Gasteiger partial charge in [-0.3, -0.25) is 9.59 Å². The molecule has 2 amide bonds. The van der Waals surface area contributed by atoms with E-state index in [2.05, 4.69) is 17.4 Å². The smallest absolute Gasteiger partial charge is 0.253 e. The molecule has 0 heterocycles. The first-order valence-electron chi connectivity index (χ1n) is 9.42. The lowest BCUT2D eigenvalue weighted by atomic mass is 9.82. The zero-order valence-corrected chi connectivity index (χ0v) is 15.5. The fourth-order valence-electron chi connectivity index (χ4n) is 3.65. The second kappa shape index (κ2) is 8.17. The van der Waals surface area contributed by atoms with Crippen molar-refractivity contribution in [2.45, 2.75) is 39.0 Å². The number of carbonyl (C=O) groups is 2. The molecule has 2 aromatic carbocycles. The number of nitrogens with one attached hydrogen (secondary N) is 1. The molecule has 0 radical (unpaired) electrons. The number of hydrogen-bond acceptors (Lipinski definition) is 2. The van der Waals surface area contributed by atoms with Gasteiger partial charge in [0, 0.05) is 24.3 Å². The fraction of sp³-hybridized carbons (Fsp3) is 0.364. The van der Waals surface area contributed by atoms with E-state index in [1.54, 1.807) is 17.0 Å². The highest BCUT2D eigenvalue weighted by Gasteiger charge is 2.26. The summed E-state index contributed by atoms with van der Waals surface area (Å²) < 4.78 is 0. The standard InChI is InChI=1S/C22H26N2O2/c1-3-24(4-2)22(26)17-12-14-18(15-13-17)23-21(25)20-11-7-9-16-8-5-6-10-19(16)20/h5-6,8,10,12-15,20H,3-4,7,9,11H2,1-2H3,(H,23,25). The van der Waals surface area contributed by atoms with Gasteiger partial charge >= 0.3 is 0 Å². The summed E-state index contributed by atoms with van der Waals surface area (Å²) in [7, 11) is 0. The molecule has 1 atom stereocenters. The van der Waals surface area contributed by atoms with Crippen LogP contribution in [0.5, 0.6) is 0 Å². The summed E-state index contributed by atoms with van der Waals surface area (Å²) in [6.07, 6.45) is 2.95. The molecule has 0 saturated heterocycles. The Labute approximate surface area is 155 Å². The van der Waals surface area contributed by atoms with E-state index < -0.39 is 0 Å². The molecule has 26 heavy (non-hydrogen) atoms. The van der Waals surface area contributed by atoms with Crippen LogP contribution in [0.3, 0.4) is 0 Å². The monoisotopic (exact) mass is 350 g/mol. The fourth-order valence-corrected chi connectivity index (χ4v) is 3.65. The average Bonchev–Trinajstić information content (AvgIpc) is 2.69. The molecule has 0 spiro atoms. The lowest BCUT2D eigenvalue weighted by molar-refractivity contribution is -0.117. The molecular weight excluding hydrogens is 324 g/mol. The zero-order chi connectivity index (χ0) is 18.5. The van der Waals surface area contributed by atoms with Crippen LogP contribution in [0, 0.1) is 0 Å². The normalized spacial score (nSPS) is 15.8. The lowest BCUT2D eigenvalue weighted by Crippen LogP contribution is -2.30. The Hall–Kier alpha value is -2.62. The average molecular weight is 350 g/mol. The van der Waals surface area contributed by atoms with E-state index in [4.69, 9.17) is 0 Å². The number of carbonyl (C=O) groups excluding carboxylic acids is 2. The van der Waals surface area contributed by atoms with Gasteiger partial charge in [0.25, 0.3) is 5.91 Å². The SMILES string of the molecule is CCN(CC)C(=O)c1ccc(NC(=O)C2CCCc3ccccc32)cc1. The number of aryl methyl sites for hydroxylation is 1. The summed E-state index contributed by atoms with van der Waals surface area (Å²) in [6, 6.07) is 15.4. The Bertz CT molecular complexity index is 779. The molecule has 0 fully saturated rings. The van der Waals surface area contributed by atoms with Crippen LogP contribution in [0.1, 0.15) is 54.1 Å². The topological polar surface area (TPSA) is 49.4 Å². The summed E-state index contributed by atoms with van der Waals surface area (Å²) in [5.41, 5.74) is 3.80. The first kappa shape index (κ1) is 18.2. The van der Waals surface area contributed by atoms with Crippen LogP contribution in [0.4, 0.5) is 5.69 Å². The maximum atomic E-state index is 12.8. The second-order valence-electron chi connectivity index (χ2n) is 6.69. The van der Waals surface area contributed by atoms with Crippen LogP contribution < -0.4 is 5.32 Å². The highest BCUT2D eigenvalue weighted by molar-refractivity contribution is 5.98. The van der Waals surface area contributed by atoms with E-state index in [9.17, 15) is 9.59 Å². The van der Waals surface area contributed by atoms with Gasteiger partial charge in [0.1, 0.15) is 0 Å². The Kier molecular flexibility index (Phi) is 5.71. The van der Waals surface area contributed by atoms with Gasteiger partial charge in [-0.1, -0.05) is 24.3 Å². The third-order valence-electron chi connectivity index (χ3n) is 5.14. The van der Waals surface area contributed by atoms with Gasteiger partial charge in [0.15, 0.2) is 0 Å². The Morgan fingerprint density at radius 1 is 1.04 bits per heavy atom. The van der Waals surface area contributed by atoms with Crippen molar-refractivity contribution < 1.29 is 9.59 Å². The van der Waals surface area contributed by atoms with Crippen molar-refractivity contribution in [1.29, 1.82) is 0 Å². The predicted molar refractivity (Wildman–Crippen MR) is 104 cm³/mol. The molecule has 0 saturated carbocycles. The quantitative estimate of drug-likeness (QED) is 0.877. The van der Waals surface area contributed by atoms with Crippen LogP contribution in [0.2, 0.25) is 0 Å². The minimum absolute atomic E-state index is 0.0223. The third-order valence-corrected chi connectivity index (χ3v) is 5.14. The van der Waals surface area contributed by atoms with Crippen molar-refractivity contribution in [1.82, 2.24) is 4.90 Å². The van der Waals surface area contributed by atoms with Crippen LogP contribution in [-0.4, -0.2) is 29.8 Å². The molecule has 1 aliphatic carbocycles. The van der Waals surface area contributed by atoms with Crippen LogP contribution in [-0.2, 0) is 11.2 Å². The molecule has 3 rings (SSSR count). The van der Waals surface area contributed by atoms with E-state index in [0.717, 1.165) is 30.5 Å². The van der Waals surface area contributed by atoms with Crippen molar-refractivity contribution in [2.24, 2.45) is 0 Å². The second-order valence-corrected chi connectivity index (χ2v) is 6.69. The Balaban J connectivity index is 1.70. The van der Waals surface area contributed by atoms with Crippen molar-refractivity contribution >= 4 is 17.5 Å². The van der Waals surface area contributed by atoms with Gasteiger partial charge in [-0.25, -0.2) is 0 Å². The summed E-state index contributed by atoms with van der Waals surface area (Å²) in [5, 5.41) is 3.01. The first-order valence-corrected chi connectivity index (χ1v) is 9.42. The van der Waals surface area contributed by atoms with Crippen molar-refractivity contribution in [2.75, 3.05) is 18.4 Å². The minimum Gasteiger partial charge on any atom is -0.339 e. The lowest BCUT2D eigenvalue weighted by Gasteiger charge is -2.24. The third kappa shape index (κ3) is 3.79. The van der Waals surface area contributed by atoms with Crippen molar-refractivity contribution in [3.8, 4) is 0 Å². The molecule has 0 bridgehead atoms. The van der Waals surface area contributed by atoms with Crippen LogP contribution in [0.25, 0.3) is 0 Å². The van der Waals surface area contributed by atoms with E-state index in [-0.39, 0.29) is 17.7 Å². The van der Waals surface area contributed by atoms with E-state index >= 15 is 0 Å². The number of anilines is 1. The summed E-state index contributed by atoms with van der Waals surface area (Å²) in [6.45, 7) is 5.32. The van der Waals surface area contributed by atoms with Gasteiger partial charge < -0.3 is 10.2 Å². The molecule has 1 unspecified atom stereocenters. The number of benzene rings is 2. The van der Waals surface area contributed by atoms with Crippen molar-refractivity contribution in [3.05, 3.63) is 65.2 Å². The van der Waals surface area contributed by atoms with E-state index in [0.29, 0.717) is 18.7 Å². The molecular formula is C22H26N2O2. The molecule has 1 aliphatic rings. The highest BCUT2D eigenvalue weighted by atomic mass is 16.2. The molecule has 0 aromatic heterocycles. The number of nitrogens with zero attached hydrogens (tertiary/aromatic N) is 1. The Morgan fingerprint density at radius 2 is 1.73 bits per heavy atom. The number of hydrogen-bond donors (Lipinski definition) is 1. The summed E-state index contributed by atoms with van der Waals surface area (Å²) >= 11 is 0. The molecule has 4 nitrogen and oxygen atoms in total. The largest absolute Gasteiger partial charge is 0.339 e. The Morgan fingerprint density at radius 3 is 2.42 bits per heavy atom. The van der Waals surface area contributed by atoms with Gasteiger partial charge in [0.2, 0.25) is 5.91 Å². The number of amides is 2. The van der Waals surface area contributed by atoms with Gasteiger partial charge in [-0.15, -0.1) is 0 Å². The summed E-state index contributed by atoms with van der Waals surface area (Å²) in [5.74, 6) is -0.0500. The van der Waals surface area contributed by atoms with E-state index in [1.165, 1.54) is 5.56 Å². The molecule has 4 heteroatoms. The first-order chi connectivity index (χ1) is 12.6. The highest BCUT2D eigenvalue weighted by Crippen LogP contribution is 2.32. The van der Waals surface area contributed by atoms with Crippen LogP contribution >= 0.6 is 0 Å². The molecule has 1 N–H and O–H groups in total. The van der Waals surface area contributed by atoms with Gasteiger partial charge in [-0.05, 0) is 68.5 Å². The molecule has 2 aromatic rings. The predicted octanol–water partition coefficient (Wildman–Crippen LogP) is 4.23. The minimum atomic E-state index is -0.100. The van der Waals surface area contributed by atoms with Gasteiger partial charge in [0.05, 0.1) is 5.92 Å². The van der Waals surface area contributed by atoms with E-state index in [1.807, 2.05) is 38.1 Å². The number of rotatable bonds is 5. The molecule has 0 aliphatic heterocycles. The molecule has 136 valence electrons. The maximum absolute atomic E-state index is 12.8.